The van der Waals surface area contributed by atoms with Crippen molar-refractivity contribution in [2.75, 3.05) is 5.32 Å². The lowest BCUT2D eigenvalue weighted by Crippen LogP contribution is -2.03. The first-order chi connectivity index (χ1) is 8.47. The van der Waals surface area contributed by atoms with Gasteiger partial charge >= 0.3 is 5.97 Å². The molecule has 0 saturated carbocycles. The number of nitrogens with one attached hydrogen (secondary N) is 1. The Bertz CT molecular complexity index is 513. The topological polar surface area (TPSA) is 66.4 Å². The zero-order chi connectivity index (χ0) is 13.3. The lowest BCUT2D eigenvalue weighted by molar-refractivity contribution is -0.137. The molecule has 1 unspecified atom stereocenters. The monoisotopic (exact) mass is 267 g/mol. The number of carbonyl (C=O) groups is 2. The van der Waals surface area contributed by atoms with Crippen molar-refractivity contribution in [3.05, 3.63) is 28.3 Å². The Balaban J connectivity index is 2.21. The summed E-state index contributed by atoms with van der Waals surface area (Å²) in [5.41, 5.74) is 2.61. The van der Waals surface area contributed by atoms with Gasteiger partial charge in [0.1, 0.15) is 0 Å². The molecule has 1 aliphatic heterocycles. The minimum absolute atomic E-state index is 0.0311. The Morgan fingerprint density at radius 2 is 2.28 bits per heavy atom. The molecular weight excluding hydrogens is 254 g/mol. The molecule has 1 aromatic rings. The minimum Gasteiger partial charge on any atom is -0.481 e. The van der Waals surface area contributed by atoms with Crippen molar-refractivity contribution in [1.29, 1.82) is 0 Å². The van der Waals surface area contributed by atoms with Crippen molar-refractivity contribution in [1.82, 2.24) is 0 Å². The van der Waals surface area contributed by atoms with Crippen LogP contribution in [0.25, 0.3) is 0 Å². The number of carboxylic acids is 1. The van der Waals surface area contributed by atoms with Gasteiger partial charge in [-0.3, -0.25) is 9.59 Å². The highest BCUT2D eigenvalue weighted by Crippen LogP contribution is 2.34. The number of hydrogen-bond donors (Lipinski definition) is 2. The van der Waals surface area contributed by atoms with Gasteiger partial charge < -0.3 is 10.4 Å². The smallest absolute Gasteiger partial charge is 0.303 e. The van der Waals surface area contributed by atoms with Gasteiger partial charge in [0.2, 0.25) is 5.91 Å². The maximum Gasteiger partial charge on any atom is 0.303 e. The first-order valence-electron chi connectivity index (χ1n) is 5.81. The van der Waals surface area contributed by atoms with Crippen LogP contribution in [0.4, 0.5) is 5.69 Å². The van der Waals surface area contributed by atoms with E-state index in [1.807, 2.05) is 13.0 Å². The summed E-state index contributed by atoms with van der Waals surface area (Å²) in [5, 5.41) is 12.0. The van der Waals surface area contributed by atoms with Crippen molar-refractivity contribution >= 4 is 29.2 Å². The van der Waals surface area contributed by atoms with Crippen LogP contribution in [0.5, 0.6) is 0 Å². The highest BCUT2D eigenvalue weighted by molar-refractivity contribution is 6.32. The van der Waals surface area contributed by atoms with Crippen LogP contribution >= 0.6 is 11.6 Å². The van der Waals surface area contributed by atoms with Crippen LogP contribution in [-0.4, -0.2) is 17.0 Å². The summed E-state index contributed by atoms with van der Waals surface area (Å²) in [6.07, 6.45) is 1.02. The number of halogens is 1. The number of rotatable bonds is 4. The number of fused-ring (bicyclic) bond motifs is 1. The van der Waals surface area contributed by atoms with Gasteiger partial charge in [0.15, 0.2) is 0 Å². The lowest BCUT2D eigenvalue weighted by Gasteiger charge is -2.14. The van der Waals surface area contributed by atoms with E-state index in [-0.39, 0.29) is 18.2 Å². The van der Waals surface area contributed by atoms with E-state index in [1.165, 1.54) is 0 Å². The lowest BCUT2D eigenvalue weighted by atomic mass is 9.94. The van der Waals surface area contributed by atoms with Crippen molar-refractivity contribution in [3.8, 4) is 0 Å². The van der Waals surface area contributed by atoms with Gasteiger partial charge in [-0.1, -0.05) is 24.6 Å². The normalized spacial score (nSPS) is 15.1. The Hall–Kier alpha value is -1.55. The second-order valence-electron chi connectivity index (χ2n) is 4.59. The quantitative estimate of drug-likeness (QED) is 0.881. The molecule has 4 nitrogen and oxygen atoms in total. The third-order valence-electron chi connectivity index (χ3n) is 3.17. The van der Waals surface area contributed by atoms with Crippen LogP contribution in [0.15, 0.2) is 12.1 Å². The molecule has 0 radical (unpaired) electrons. The SMILES string of the molecule is CC(CCC(=O)O)c1cc2c(cc1Cl)NC(=O)C2. The number of amides is 1. The van der Waals surface area contributed by atoms with E-state index in [1.54, 1.807) is 6.07 Å². The van der Waals surface area contributed by atoms with Gasteiger partial charge in [0, 0.05) is 17.1 Å². The molecule has 1 aliphatic rings. The first kappa shape index (κ1) is 12.9. The van der Waals surface area contributed by atoms with Gasteiger partial charge in [-0.15, -0.1) is 0 Å². The molecule has 2 N–H and O–H groups in total. The van der Waals surface area contributed by atoms with Crippen LogP contribution in [-0.2, 0) is 16.0 Å². The van der Waals surface area contributed by atoms with E-state index in [2.05, 4.69) is 5.32 Å². The van der Waals surface area contributed by atoms with E-state index in [4.69, 9.17) is 16.7 Å². The number of aliphatic carboxylic acids is 1. The Morgan fingerprint density at radius 1 is 1.56 bits per heavy atom. The molecule has 5 heteroatoms. The van der Waals surface area contributed by atoms with Gasteiger partial charge in [-0.05, 0) is 29.5 Å². The molecule has 0 saturated heterocycles. The molecule has 0 aliphatic carbocycles. The van der Waals surface area contributed by atoms with E-state index >= 15 is 0 Å². The van der Waals surface area contributed by atoms with Crippen LogP contribution in [0.1, 0.15) is 36.8 Å². The number of carbonyl (C=O) groups excluding carboxylic acids is 1. The Morgan fingerprint density at radius 3 is 2.94 bits per heavy atom. The van der Waals surface area contributed by atoms with E-state index in [9.17, 15) is 9.59 Å². The summed E-state index contributed by atoms with van der Waals surface area (Å²) >= 11 is 6.17. The predicted molar refractivity (Wildman–Crippen MR) is 69.1 cm³/mol. The molecule has 0 fully saturated rings. The van der Waals surface area contributed by atoms with Gasteiger partial charge in [0.25, 0.3) is 0 Å². The van der Waals surface area contributed by atoms with Crippen molar-refractivity contribution < 1.29 is 14.7 Å². The molecule has 18 heavy (non-hydrogen) atoms. The van der Waals surface area contributed by atoms with E-state index in [0.29, 0.717) is 17.9 Å². The fourth-order valence-electron chi connectivity index (χ4n) is 2.14. The third kappa shape index (κ3) is 2.64. The maximum atomic E-state index is 11.3. The van der Waals surface area contributed by atoms with Crippen LogP contribution in [0, 0.1) is 0 Å². The highest BCUT2D eigenvalue weighted by atomic mass is 35.5. The fourth-order valence-corrected chi connectivity index (χ4v) is 2.49. The number of hydrogen-bond acceptors (Lipinski definition) is 2. The zero-order valence-electron chi connectivity index (χ0n) is 10.00. The summed E-state index contributed by atoms with van der Waals surface area (Å²) in [7, 11) is 0. The van der Waals surface area contributed by atoms with Crippen molar-refractivity contribution in [2.24, 2.45) is 0 Å². The van der Waals surface area contributed by atoms with E-state index < -0.39 is 5.97 Å². The fraction of sp³-hybridized carbons (Fsp3) is 0.385. The molecular formula is C13H14ClNO3. The standard InChI is InChI=1S/C13H14ClNO3/c1-7(2-3-13(17)18)9-4-8-5-12(16)15-11(8)6-10(9)14/h4,6-7H,2-3,5H2,1H3,(H,15,16)(H,17,18). The van der Waals surface area contributed by atoms with Crippen LogP contribution in [0.2, 0.25) is 5.02 Å². The van der Waals surface area contributed by atoms with Crippen molar-refractivity contribution in [3.63, 3.8) is 0 Å². The second kappa shape index (κ2) is 4.98. The largest absolute Gasteiger partial charge is 0.481 e. The molecule has 2 rings (SSSR count). The Kier molecular flexibility index (Phi) is 3.57. The molecule has 0 bridgehead atoms. The van der Waals surface area contributed by atoms with Gasteiger partial charge in [0.05, 0.1) is 6.42 Å². The zero-order valence-corrected chi connectivity index (χ0v) is 10.8. The molecule has 1 amide bonds. The maximum absolute atomic E-state index is 11.3. The average molecular weight is 268 g/mol. The molecule has 0 spiro atoms. The van der Waals surface area contributed by atoms with Crippen molar-refractivity contribution in [2.45, 2.75) is 32.1 Å². The third-order valence-corrected chi connectivity index (χ3v) is 3.50. The molecule has 0 aromatic heterocycles. The van der Waals surface area contributed by atoms with Gasteiger partial charge in [-0.2, -0.15) is 0 Å². The minimum atomic E-state index is -0.809. The average Bonchev–Trinajstić information content (AvgIpc) is 2.64. The van der Waals surface area contributed by atoms with E-state index in [0.717, 1.165) is 16.8 Å². The van der Waals surface area contributed by atoms with Crippen LogP contribution in [0.3, 0.4) is 0 Å². The highest BCUT2D eigenvalue weighted by Gasteiger charge is 2.21. The van der Waals surface area contributed by atoms with Crippen LogP contribution < -0.4 is 5.32 Å². The summed E-state index contributed by atoms with van der Waals surface area (Å²) in [6.45, 7) is 1.95. The first-order valence-corrected chi connectivity index (χ1v) is 6.19. The molecule has 1 heterocycles. The summed E-state index contributed by atoms with van der Waals surface area (Å²) in [6, 6.07) is 3.65. The Labute approximate surface area is 110 Å². The summed E-state index contributed by atoms with van der Waals surface area (Å²) in [4.78, 5) is 21.8. The molecule has 1 atom stereocenters. The molecule has 96 valence electrons. The number of anilines is 1. The number of carboxylic acid groups (broad SMARTS) is 1. The summed E-state index contributed by atoms with van der Waals surface area (Å²) < 4.78 is 0. The van der Waals surface area contributed by atoms with Gasteiger partial charge in [-0.25, -0.2) is 0 Å². The second-order valence-corrected chi connectivity index (χ2v) is 5.00. The molecule has 1 aromatic carbocycles. The number of benzene rings is 1. The summed E-state index contributed by atoms with van der Waals surface area (Å²) in [5.74, 6) is -0.776. The predicted octanol–water partition coefficient (Wildman–Crippen LogP) is 2.80.